The monoisotopic (exact) mass is 240 g/mol. The number of anilines is 2. The highest BCUT2D eigenvalue weighted by Gasteiger charge is 2.12. The Hall–Kier alpha value is -0.970. The van der Waals surface area contributed by atoms with E-state index in [4.69, 9.17) is 0 Å². The van der Waals surface area contributed by atoms with E-state index in [0.29, 0.717) is 0 Å². The highest BCUT2D eigenvalue weighted by Crippen LogP contribution is 2.19. The van der Waals surface area contributed by atoms with Gasteiger partial charge in [-0.3, -0.25) is 0 Å². The van der Waals surface area contributed by atoms with Crippen molar-refractivity contribution >= 4 is 23.4 Å². The molecule has 2 N–H and O–H groups in total. The van der Waals surface area contributed by atoms with Crippen molar-refractivity contribution in [1.29, 1.82) is 0 Å². The minimum absolute atomic E-state index is 0.00746. The standard InChI is InChI=1S/C11H20N4S/c1-6-12-8-7-9(15-11(2,3)4)14-10(13-8)16-5/h7H,6H2,1-5H3,(H2,12,13,14,15). The van der Waals surface area contributed by atoms with Crippen LogP contribution in [0.2, 0.25) is 0 Å². The lowest BCUT2D eigenvalue weighted by molar-refractivity contribution is 0.628. The largest absolute Gasteiger partial charge is 0.370 e. The van der Waals surface area contributed by atoms with Crippen LogP contribution in [0, 0.1) is 0 Å². The molecule has 0 bridgehead atoms. The summed E-state index contributed by atoms with van der Waals surface area (Å²) >= 11 is 1.55. The van der Waals surface area contributed by atoms with Crippen LogP contribution < -0.4 is 10.6 Å². The molecule has 1 heterocycles. The summed E-state index contributed by atoms with van der Waals surface area (Å²) in [5, 5.41) is 7.34. The fourth-order valence-corrected chi connectivity index (χ4v) is 1.62. The quantitative estimate of drug-likeness (QED) is 0.626. The fraction of sp³-hybridized carbons (Fsp3) is 0.636. The van der Waals surface area contributed by atoms with Crippen molar-refractivity contribution in [2.75, 3.05) is 23.4 Å². The number of aromatic nitrogens is 2. The van der Waals surface area contributed by atoms with Gasteiger partial charge in [0.2, 0.25) is 0 Å². The minimum atomic E-state index is 0.00746. The molecule has 0 fully saturated rings. The number of hydrogen-bond donors (Lipinski definition) is 2. The molecule has 0 saturated heterocycles. The second-order valence-corrected chi connectivity index (χ2v) is 5.30. The first kappa shape index (κ1) is 13.1. The molecule has 0 aliphatic heterocycles. The Labute approximate surface area is 102 Å². The normalized spacial score (nSPS) is 11.3. The Bertz CT molecular complexity index is 346. The van der Waals surface area contributed by atoms with Gasteiger partial charge in [-0.15, -0.1) is 0 Å². The maximum absolute atomic E-state index is 4.42. The summed E-state index contributed by atoms with van der Waals surface area (Å²) in [4.78, 5) is 8.79. The molecule has 16 heavy (non-hydrogen) atoms. The molecule has 1 aromatic rings. The summed E-state index contributed by atoms with van der Waals surface area (Å²) in [5.74, 6) is 1.73. The van der Waals surface area contributed by atoms with Gasteiger partial charge in [-0.25, -0.2) is 9.97 Å². The molecule has 0 spiro atoms. The third kappa shape index (κ3) is 4.26. The zero-order valence-corrected chi connectivity index (χ0v) is 11.4. The summed E-state index contributed by atoms with van der Waals surface area (Å²) in [6, 6.07) is 1.94. The molecule has 1 rings (SSSR count). The maximum atomic E-state index is 4.42. The zero-order chi connectivity index (χ0) is 12.2. The van der Waals surface area contributed by atoms with E-state index in [9.17, 15) is 0 Å². The van der Waals surface area contributed by atoms with Gasteiger partial charge in [-0.05, 0) is 34.0 Å². The van der Waals surface area contributed by atoms with Gasteiger partial charge < -0.3 is 10.6 Å². The SMILES string of the molecule is CCNc1cc(NC(C)(C)C)nc(SC)n1. The van der Waals surface area contributed by atoms with Crippen LogP contribution in [-0.4, -0.2) is 28.3 Å². The van der Waals surface area contributed by atoms with Crippen LogP contribution in [0.15, 0.2) is 11.2 Å². The molecule has 90 valence electrons. The second-order valence-electron chi connectivity index (χ2n) is 4.53. The van der Waals surface area contributed by atoms with Gasteiger partial charge in [0.25, 0.3) is 0 Å². The summed E-state index contributed by atoms with van der Waals surface area (Å²) < 4.78 is 0. The molecule has 0 unspecified atom stereocenters. The van der Waals surface area contributed by atoms with Crippen molar-refractivity contribution in [2.24, 2.45) is 0 Å². The molecular weight excluding hydrogens is 220 g/mol. The first-order valence-electron chi connectivity index (χ1n) is 5.39. The first-order valence-corrected chi connectivity index (χ1v) is 6.62. The number of nitrogens with one attached hydrogen (secondary N) is 2. The molecular formula is C11H20N4S. The van der Waals surface area contributed by atoms with Crippen molar-refractivity contribution in [1.82, 2.24) is 9.97 Å². The van der Waals surface area contributed by atoms with E-state index in [0.717, 1.165) is 23.3 Å². The number of hydrogen-bond acceptors (Lipinski definition) is 5. The average Bonchev–Trinajstić information content (AvgIpc) is 2.15. The second kappa shape index (κ2) is 5.39. The average molecular weight is 240 g/mol. The van der Waals surface area contributed by atoms with E-state index < -0.39 is 0 Å². The van der Waals surface area contributed by atoms with Crippen molar-refractivity contribution < 1.29 is 0 Å². The van der Waals surface area contributed by atoms with Crippen LogP contribution in [0.5, 0.6) is 0 Å². The van der Waals surface area contributed by atoms with Gasteiger partial charge in [-0.1, -0.05) is 11.8 Å². The van der Waals surface area contributed by atoms with Gasteiger partial charge >= 0.3 is 0 Å². The molecule has 0 atom stereocenters. The van der Waals surface area contributed by atoms with Crippen LogP contribution in [0.1, 0.15) is 27.7 Å². The molecule has 0 radical (unpaired) electrons. The van der Waals surface area contributed by atoms with E-state index in [-0.39, 0.29) is 5.54 Å². The third-order valence-electron chi connectivity index (χ3n) is 1.75. The van der Waals surface area contributed by atoms with Gasteiger partial charge in [-0.2, -0.15) is 0 Å². The molecule has 0 aliphatic carbocycles. The maximum Gasteiger partial charge on any atom is 0.191 e. The van der Waals surface area contributed by atoms with E-state index in [1.165, 1.54) is 0 Å². The lowest BCUT2D eigenvalue weighted by Gasteiger charge is -2.21. The summed E-state index contributed by atoms with van der Waals surface area (Å²) in [7, 11) is 0. The molecule has 0 amide bonds. The Morgan fingerprint density at radius 1 is 1.25 bits per heavy atom. The number of thioether (sulfide) groups is 1. The van der Waals surface area contributed by atoms with Gasteiger partial charge in [0.1, 0.15) is 11.6 Å². The lowest BCUT2D eigenvalue weighted by Crippen LogP contribution is -2.26. The van der Waals surface area contributed by atoms with Gasteiger partial charge in [0.05, 0.1) is 0 Å². The Morgan fingerprint density at radius 3 is 2.38 bits per heavy atom. The number of rotatable bonds is 4. The lowest BCUT2D eigenvalue weighted by atomic mass is 10.1. The zero-order valence-electron chi connectivity index (χ0n) is 10.6. The molecule has 0 saturated carbocycles. The fourth-order valence-electron chi connectivity index (χ4n) is 1.24. The summed E-state index contributed by atoms with van der Waals surface area (Å²) in [5.41, 5.74) is 0.00746. The number of nitrogens with zero attached hydrogens (tertiary/aromatic N) is 2. The van der Waals surface area contributed by atoms with E-state index >= 15 is 0 Å². The Morgan fingerprint density at radius 2 is 1.88 bits per heavy atom. The molecule has 0 aromatic carbocycles. The summed E-state index contributed by atoms with van der Waals surface area (Å²) in [6.45, 7) is 9.25. The molecule has 5 heteroatoms. The predicted molar refractivity (Wildman–Crippen MR) is 71.4 cm³/mol. The highest BCUT2D eigenvalue weighted by molar-refractivity contribution is 7.98. The van der Waals surface area contributed by atoms with Crippen LogP contribution in [0.4, 0.5) is 11.6 Å². The molecule has 4 nitrogen and oxygen atoms in total. The third-order valence-corrected chi connectivity index (χ3v) is 2.30. The van der Waals surface area contributed by atoms with E-state index in [2.05, 4.69) is 48.3 Å². The Kier molecular flexibility index (Phi) is 4.41. The van der Waals surface area contributed by atoms with Crippen LogP contribution in [0.3, 0.4) is 0 Å². The molecule has 0 aliphatic rings. The topological polar surface area (TPSA) is 49.8 Å². The highest BCUT2D eigenvalue weighted by atomic mass is 32.2. The van der Waals surface area contributed by atoms with Crippen LogP contribution >= 0.6 is 11.8 Å². The van der Waals surface area contributed by atoms with Crippen molar-refractivity contribution in [3.05, 3.63) is 6.07 Å². The van der Waals surface area contributed by atoms with Crippen molar-refractivity contribution in [2.45, 2.75) is 38.4 Å². The van der Waals surface area contributed by atoms with E-state index in [1.807, 2.05) is 12.3 Å². The van der Waals surface area contributed by atoms with Crippen molar-refractivity contribution in [3.63, 3.8) is 0 Å². The molecule has 1 aromatic heterocycles. The predicted octanol–water partition coefficient (Wildman–Crippen LogP) is 2.84. The minimum Gasteiger partial charge on any atom is -0.370 e. The smallest absolute Gasteiger partial charge is 0.191 e. The first-order chi connectivity index (χ1) is 7.44. The van der Waals surface area contributed by atoms with Gasteiger partial charge in [0, 0.05) is 18.2 Å². The van der Waals surface area contributed by atoms with Crippen LogP contribution in [-0.2, 0) is 0 Å². The van der Waals surface area contributed by atoms with E-state index in [1.54, 1.807) is 11.8 Å². The van der Waals surface area contributed by atoms with Gasteiger partial charge in [0.15, 0.2) is 5.16 Å². The van der Waals surface area contributed by atoms with Crippen LogP contribution in [0.25, 0.3) is 0 Å². The Balaban J connectivity index is 2.95. The summed E-state index contributed by atoms with van der Waals surface area (Å²) in [6.07, 6.45) is 1.98. The van der Waals surface area contributed by atoms with Crippen molar-refractivity contribution in [3.8, 4) is 0 Å².